The number of halogens is 1. The van der Waals surface area contributed by atoms with Crippen LogP contribution in [0.5, 0.6) is 0 Å². The molecule has 0 radical (unpaired) electrons. The number of nitrogens with one attached hydrogen (secondary N) is 4. The molecule has 0 aliphatic carbocycles. The zero-order valence-corrected chi connectivity index (χ0v) is 23.7. The monoisotopic (exact) mass is 553 g/mol. The Hall–Kier alpha value is -4.08. The number of aliphatic imine (C=N–C) groups is 1. The molecule has 6 heterocycles. The van der Waals surface area contributed by atoms with Crippen LogP contribution >= 0.6 is 11.3 Å². The second-order valence-electron chi connectivity index (χ2n) is 10.2. The first-order valence-corrected chi connectivity index (χ1v) is 14.4. The summed E-state index contributed by atoms with van der Waals surface area (Å²) < 4.78 is 13.9. The topological polar surface area (TPSA) is 90.0 Å². The maximum atomic E-state index is 13.9. The van der Waals surface area contributed by atoms with Gasteiger partial charge in [0.25, 0.3) is 0 Å². The molecule has 4 N–H and O–H groups in total. The molecule has 204 valence electrons. The van der Waals surface area contributed by atoms with Gasteiger partial charge in [0.2, 0.25) is 0 Å². The van der Waals surface area contributed by atoms with Gasteiger partial charge in [-0.2, -0.15) is 4.39 Å². The van der Waals surface area contributed by atoms with E-state index in [0.717, 1.165) is 62.3 Å². The molecule has 0 bridgehead atoms. The summed E-state index contributed by atoms with van der Waals surface area (Å²) >= 11 is 1.12. The van der Waals surface area contributed by atoms with Crippen molar-refractivity contribution in [3.8, 4) is 0 Å². The van der Waals surface area contributed by atoms with Crippen LogP contribution in [0.2, 0.25) is 0 Å². The van der Waals surface area contributed by atoms with Gasteiger partial charge in [0, 0.05) is 52.6 Å². The highest BCUT2D eigenvalue weighted by atomic mass is 32.1. The van der Waals surface area contributed by atoms with Gasteiger partial charge >= 0.3 is 0 Å². The molecule has 2 atom stereocenters. The summed E-state index contributed by atoms with van der Waals surface area (Å²) in [6.07, 6.45) is 16.0. The molecule has 0 amide bonds. The molecule has 7 nitrogen and oxygen atoms in total. The molecule has 3 aromatic heterocycles. The van der Waals surface area contributed by atoms with Gasteiger partial charge in [-0.3, -0.25) is 15.3 Å². The average Bonchev–Trinajstić information content (AvgIpc) is 3.48. The van der Waals surface area contributed by atoms with E-state index in [1.807, 2.05) is 44.5 Å². The minimum atomic E-state index is -0.221. The van der Waals surface area contributed by atoms with Gasteiger partial charge in [-0.15, -0.1) is 11.3 Å². The Balaban J connectivity index is 1.42. The number of nitrogens with zero attached hydrogens (tertiary/aromatic N) is 3. The molecule has 3 aliphatic rings. The quantitative estimate of drug-likeness (QED) is 0.266. The number of thiophene rings is 1. The fourth-order valence-electron chi connectivity index (χ4n) is 5.21. The van der Waals surface area contributed by atoms with Crippen molar-refractivity contribution in [2.24, 2.45) is 4.99 Å². The van der Waals surface area contributed by atoms with Gasteiger partial charge in [-0.05, 0) is 81.3 Å². The number of fused-ring (bicyclic) bond motifs is 4. The van der Waals surface area contributed by atoms with Crippen molar-refractivity contribution in [2.75, 3.05) is 11.9 Å². The second-order valence-corrected chi connectivity index (χ2v) is 11.3. The summed E-state index contributed by atoms with van der Waals surface area (Å²) in [5.41, 5.74) is 7.58. The van der Waals surface area contributed by atoms with E-state index >= 15 is 0 Å². The fourth-order valence-corrected chi connectivity index (χ4v) is 5.97. The summed E-state index contributed by atoms with van der Waals surface area (Å²) in [4.78, 5) is 19.3. The number of allylic oxidation sites excluding steroid dienone is 7. The fraction of sp³-hybridized carbons (Fsp3) is 0.258. The molecule has 40 heavy (non-hydrogen) atoms. The van der Waals surface area contributed by atoms with Crippen LogP contribution < -0.4 is 16.0 Å². The van der Waals surface area contributed by atoms with Crippen LogP contribution in [0.3, 0.4) is 0 Å². The van der Waals surface area contributed by atoms with Crippen LogP contribution in [-0.4, -0.2) is 39.4 Å². The Labute approximate surface area is 237 Å². The number of hydrogen-bond acceptors (Lipinski definition) is 7. The lowest BCUT2D eigenvalue weighted by molar-refractivity contribution is 0.316. The molecule has 6 rings (SSSR count). The molecule has 0 saturated carbocycles. The van der Waals surface area contributed by atoms with Gasteiger partial charge in [0.15, 0.2) is 16.8 Å². The van der Waals surface area contributed by atoms with E-state index in [2.05, 4.69) is 59.1 Å². The van der Waals surface area contributed by atoms with Crippen LogP contribution in [-0.2, 0) is 0 Å². The minimum Gasteiger partial charge on any atom is -0.383 e. The number of pyridine rings is 1. The Morgan fingerprint density at radius 3 is 2.83 bits per heavy atom. The summed E-state index contributed by atoms with van der Waals surface area (Å²) in [5.74, 6) is 1.62. The molecule has 0 spiro atoms. The summed E-state index contributed by atoms with van der Waals surface area (Å²) in [5, 5.41) is 9.97. The van der Waals surface area contributed by atoms with E-state index in [4.69, 9.17) is 15.0 Å². The highest BCUT2D eigenvalue weighted by Crippen LogP contribution is 2.38. The first-order chi connectivity index (χ1) is 19.4. The number of H-pyrrole nitrogens is 1. The highest BCUT2D eigenvalue weighted by Gasteiger charge is 2.39. The maximum absolute atomic E-state index is 13.9. The Morgan fingerprint density at radius 2 is 2.12 bits per heavy atom. The van der Waals surface area contributed by atoms with Crippen LogP contribution in [0.4, 0.5) is 10.2 Å². The second kappa shape index (κ2) is 10.8. The van der Waals surface area contributed by atoms with Crippen molar-refractivity contribution in [1.29, 1.82) is 0 Å². The van der Waals surface area contributed by atoms with E-state index in [1.165, 1.54) is 11.6 Å². The highest BCUT2D eigenvalue weighted by molar-refractivity contribution is 7.11. The number of aromatic nitrogens is 3. The molecular weight excluding hydrogens is 521 g/mol. The predicted molar refractivity (Wildman–Crippen MR) is 162 cm³/mol. The lowest BCUT2D eigenvalue weighted by Gasteiger charge is -2.40. The number of rotatable bonds is 7. The molecule has 3 aliphatic heterocycles. The third-order valence-corrected chi connectivity index (χ3v) is 8.03. The molecular formula is C31H32FN7S. The average molecular weight is 554 g/mol. The first kappa shape index (κ1) is 26.2. The van der Waals surface area contributed by atoms with Gasteiger partial charge in [-0.25, -0.2) is 4.98 Å². The van der Waals surface area contributed by atoms with Crippen molar-refractivity contribution >= 4 is 34.0 Å². The lowest BCUT2D eigenvalue weighted by atomic mass is 9.83. The van der Waals surface area contributed by atoms with Crippen molar-refractivity contribution in [3.63, 3.8) is 0 Å². The van der Waals surface area contributed by atoms with E-state index in [9.17, 15) is 4.39 Å². The van der Waals surface area contributed by atoms with Crippen molar-refractivity contribution in [1.82, 2.24) is 25.6 Å². The molecule has 2 unspecified atom stereocenters. The number of anilines is 1. The first-order valence-electron chi connectivity index (χ1n) is 13.5. The minimum absolute atomic E-state index is 0.00747. The predicted octanol–water partition coefficient (Wildman–Crippen LogP) is 6.10. The molecule has 0 aromatic carbocycles. The number of imidazole rings is 1. The van der Waals surface area contributed by atoms with Gasteiger partial charge in [0.05, 0.1) is 11.4 Å². The summed E-state index contributed by atoms with van der Waals surface area (Å²) in [7, 11) is 0. The Kier molecular flexibility index (Phi) is 7.08. The smallest absolute Gasteiger partial charge is 0.176 e. The largest absolute Gasteiger partial charge is 0.383 e. The molecule has 9 heteroatoms. The molecule has 3 aromatic rings. The SMILES string of the molecule is C/C=C/C(=C\C(=C/C)c1cc2c(cn1)C1CNC1N=C2c1nc2c([nH]1)C(c1ccc(F)s1)=CC=CN2)NC(C)C. The van der Waals surface area contributed by atoms with Gasteiger partial charge < -0.3 is 15.6 Å². The maximum Gasteiger partial charge on any atom is 0.176 e. The van der Waals surface area contributed by atoms with Crippen LogP contribution in [0.1, 0.15) is 66.8 Å². The number of aromatic amines is 1. The van der Waals surface area contributed by atoms with Crippen LogP contribution in [0, 0.1) is 5.13 Å². The van der Waals surface area contributed by atoms with E-state index < -0.39 is 0 Å². The van der Waals surface area contributed by atoms with E-state index in [1.54, 1.807) is 6.07 Å². The summed E-state index contributed by atoms with van der Waals surface area (Å²) in [6, 6.07) is 5.72. The van der Waals surface area contributed by atoms with Gasteiger partial charge in [0.1, 0.15) is 11.9 Å². The van der Waals surface area contributed by atoms with Crippen molar-refractivity contribution < 1.29 is 4.39 Å². The van der Waals surface area contributed by atoms with Crippen LogP contribution in [0.25, 0.3) is 11.1 Å². The zero-order chi connectivity index (χ0) is 27.8. The van der Waals surface area contributed by atoms with Crippen molar-refractivity contribution in [2.45, 2.75) is 45.8 Å². The standard InChI is InChI=1S/C31H32FN7S/c1-5-8-19(36-17(3)4)13-18(6-2)24-14-21-22(15-34-24)23-16-35-29(23)37-28(21)31-38-27-20(25-10-11-26(32)40-25)9-7-12-33-30(27)39-31/h5-15,17,23,29,33,35-36H,16H2,1-4H3,(H,38,39)/b8-5+,18-6+,19-13+. The normalized spacial score (nSPS) is 20.2. The Bertz CT molecular complexity index is 1630. The van der Waals surface area contributed by atoms with E-state index in [0.29, 0.717) is 17.7 Å². The van der Waals surface area contributed by atoms with E-state index in [-0.39, 0.29) is 17.2 Å². The molecule has 1 fully saturated rings. The zero-order valence-electron chi connectivity index (χ0n) is 22.9. The number of hydrogen-bond donors (Lipinski definition) is 4. The van der Waals surface area contributed by atoms with Crippen molar-refractivity contribution in [3.05, 3.63) is 111 Å². The Morgan fingerprint density at radius 1 is 1.25 bits per heavy atom. The molecule has 1 saturated heterocycles. The lowest BCUT2D eigenvalue weighted by Crippen LogP contribution is -2.52. The third kappa shape index (κ3) is 4.87. The third-order valence-electron chi connectivity index (χ3n) is 7.12. The van der Waals surface area contributed by atoms with Crippen LogP contribution in [0.15, 0.2) is 77.7 Å². The summed E-state index contributed by atoms with van der Waals surface area (Å²) in [6.45, 7) is 9.16. The van der Waals surface area contributed by atoms with Gasteiger partial charge in [-0.1, -0.05) is 12.2 Å².